The summed E-state index contributed by atoms with van der Waals surface area (Å²) in [5, 5.41) is 11.6. The first-order chi connectivity index (χ1) is 8.84. The lowest BCUT2D eigenvalue weighted by Gasteiger charge is -2.22. The first-order valence-corrected chi connectivity index (χ1v) is 6.47. The topological polar surface area (TPSA) is 55.9 Å². The van der Waals surface area contributed by atoms with Crippen LogP contribution in [0.3, 0.4) is 0 Å². The zero-order valence-electron chi connectivity index (χ0n) is 10.6. The number of nitrogens with one attached hydrogen (secondary N) is 1. The second-order valence-electron chi connectivity index (χ2n) is 4.81. The smallest absolute Gasteiger partial charge is 0.133 e. The molecule has 0 saturated carbocycles. The van der Waals surface area contributed by atoms with Gasteiger partial charge in [-0.2, -0.15) is 0 Å². The Balaban J connectivity index is 1.57. The molecule has 2 aromatic rings. The van der Waals surface area contributed by atoms with E-state index in [2.05, 4.69) is 21.6 Å². The fourth-order valence-electron chi connectivity index (χ4n) is 2.59. The lowest BCUT2D eigenvalue weighted by molar-refractivity contribution is 0.412. The van der Waals surface area contributed by atoms with Gasteiger partial charge in [0, 0.05) is 38.0 Å². The third-order valence-corrected chi connectivity index (χ3v) is 3.60. The van der Waals surface area contributed by atoms with Gasteiger partial charge in [0.2, 0.25) is 0 Å². The van der Waals surface area contributed by atoms with Gasteiger partial charge in [0.1, 0.15) is 17.9 Å². The minimum Gasteiger partial charge on any atom is -0.469 e. The molecule has 2 heterocycles. The highest BCUT2D eigenvalue weighted by Crippen LogP contribution is 2.30. The Hall–Kier alpha value is -1.62. The molecule has 1 N–H and O–H groups in total. The fourth-order valence-corrected chi connectivity index (χ4v) is 2.59. The predicted molar refractivity (Wildman–Crippen MR) is 67.1 cm³/mol. The number of aryl methyl sites for hydroxylation is 2. The molecule has 2 aromatic heterocycles. The third kappa shape index (κ3) is 2.18. The summed E-state index contributed by atoms with van der Waals surface area (Å²) in [5.41, 5.74) is 1.33. The molecule has 18 heavy (non-hydrogen) atoms. The van der Waals surface area contributed by atoms with Crippen molar-refractivity contribution in [3.63, 3.8) is 0 Å². The molecule has 5 nitrogen and oxygen atoms in total. The number of fused-ring (bicyclic) bond motifs is 1. The average molecular weight is 246 g/mol. The molecule has 0 fully saturated rings. The molecule has 0 saturated heterocycles. The molecular weight excluding hydrogens is 228 g/mol. The summed E-state index contributed by atoms with van der Waals surface area (Å²) in [4.78, 5) is 0. The molecule has 0 aromatic carbocycles. The van der Waals surface area contributed by atoms with Gasteiger partial charge in [-0.25, -0.2) is 0 Å². The van der Waals surface area contributed by atoms with Gasteiger partial charge in [-0.15, -0.1) is 10.2 Å². The Morgan fingerprint density at radius 2 is 2.50 bits per heavy atom. The first-order valence-electron chi connectivity index (χ1n) is 6.47. The van der Waals surface area contributed by atoms with Crippen LogP contribution in [-0.4, -0.2) is 21.3 Å². The molecule has 5 heteroatoms. The van der Waals surface area contributed by atoms with Gasteiger partial charge in [-0.05, 0) is 18.9 Å². The second kappa shape index (κ2) is 4.94. The van der Waals surface area contributed by atoms with Crippen molar-refractivity contribution >= 4 is 0 Å². The molecule has 1 atom stereocenters. The Morgan fingerprint density at radius 3 is 3.33 bits per heavy atom. The van der Waals surface area contributed by atoms with Crippen molar-refractivity contribution in [3.8, 4) is 0 Å². The summed E-state index contributed by atoms with van der Waals surface area (Å²) in [5.74, 6) is 2.17. The maximum Gasteiger partial charge on any atom is 0.133 e. The first kappa shape index (κ1) is 11.5. The van der Waals surface area contributed by atoms with E-state index in [1.165, 1.54) is 18.4 Å². The largest absolute Gasteiger partial charge is 0.469 e. The summed E-state index contributed by atoms with van der Waals surface area (Å²) in [7, 11) is 1.98. The van der Waals surface area contributed by atoms with Gasteiger partial charge in [0.15, 0.2) is 0 Å². The second-order valence-corrected chi connectivity index (χ2v) is 4.81. The molecule has 0 bridgehead atoms. The van der Waals surface area contributed by atoms with Crippen molar-refractivity contribution in [1.29, 1.82) is 0 Å². The average Bonchev–Trinajstić information content (AvgIpc) is 2.99. The van der Waals surface area contributed by atoms with Gasteiger partial charge in [-0.1, -0.05) is 0 Å². The zero-order valence-corrected chi connectivity index (χ0v) is 10.6. The Morgan fingerprint density at radius 1 is 1.56 bits per heavy atom. The van der Waals surface area contributed by atoms with Crippen LogP contribution in [0.4, 0.5) is 0 Å². The number of hydrogen-bond donors (Lipinski definition) is 1. The minimum absolute atomic E-state index is 0.431. The molecule has 3 rings (SSSR count). The van der Waals surface area contributed by atoms with E-state index in [1.807, 2.05) is 11.6 Å². The van der Waals surface area contributed by atoms with Crippen LogP contribution < -0.4 is 5.32 Å². The van der Waals surface area contributed by atoms with Gasteiger partial charge >= 0.3 is 0 Å². The highest BCUT2D eigenvalue weighted by atomic mass is 16.3. The molecule has 1 unspecified atom stereocenters. The predicted octanol–water partition coefficient (Wildman–Crippen LogP) is 1.62. The van der Waals surface area contributed by atoms with Gasteiger partial charge in [0.25, 0.3) is 0 Å². The molecule has 96 valence electrons. The normalized spacial score (nSPS) is 18.8. The van der Waals surface area contributed by atoms with E-state index in [1.54, 1.807) is 12.6 Å². The van der Waals surface area contributed by atoms with E-state index in [9.17, 15) is 0 Å². The van der Waals surface area contributed by atoms with Crippen molar-refractivity contribution in [2.75, 3.05) is 6.54 Å². The molecule has 0 spiro atoms. The molecule has 1 aliphatic rings. The van der Waals surface area contributed by atoms with Crippen LogP contribution in [0.15, 0.2) is 23.1 Å². The lowest BCUT2D eigenvalue weighted by atomic mass is 9.93. The van der Waals surface area contributed by atoms with Crippen LogP contribution >= 0.6 is 0 Å². The van der Waals surface area contributed by atoms with E-state index >= 15 is 0 Å². The van der Waals surface area contributed by atoms with Gasteiger partial charge in [0.05, 0.1) is 6.26 Å². The summed E-state index contributed by atoms with van der Waals surface area (Å²) in [6.45, 7) is 0.918. The third-order valence-electron chi connectivity index (χ3n) is 3.60. The van der Waals surface area contributed by atoms with Crippen LogP contribution in [0.5, 0.6) is 0 Å². The molecular formula is C13H18N4O. The van der Waals surface area contributed by atoms with Crippen LogP contribution in [0, 0.1) is 0 Å². The van der Waals surface area contributed by atoms with E-state index in [4.69, 9.17) is 4.42 Å². The van der Waals surface area contributed by atoms with E-state index in [0.717, 1.165) is 31.0 Å². The number of nitrogens with zero attached hydrogens (tertiary/aromatic N) is 3. The SMILES string of the molecule is Cn1cnnc1CCNC1CCCc2occc21. The lowest BCUT2D eigenvalue weighted by Crippen LogP contribution is -2.26. The van der Waals surface area contributed by atoms with Crippen molar-refractivity contribution in [1.82, 2.24) is 20.1 Å². The van der Waals surface area contributed by atoms with E-state index in [0.29, 0.717) is 6.04 Å². The molecule has 0 aliphatic heterocycles. The van der Waals surface area contributed by atoms with Crippen LogP contribution in [0.25, 0.3) is 0 Å². The maximum absolute atomic E-state index is 5.49. The van der Waals surface area contributed by atoms with Crippen LogP contribution in [-0.2, 0) is 19.9 Å². The van der Waals surface area contributed by atoms with Crippen molar-refractivity contribution < 1.29 is 4.42 Å². The van der Waals surface area contributed by atoms with Crippen molar-refractivity contribution in [2.24, 2.45) is 7.05 Å². The van der Waals surface area contributed by atoms with Crippen LogP contribution in [0.2, 0.25) is 0 Å². The van der Waals surface area contributed by atoms with Gasteiger partial charge in [-0.3, -0.25) is 0 Å². The van der Waals surface area contributed by atoms with E-state index in [-0.39, 0.29) is 0 Å². The maximum atomic E-state index is 5.49. The van der Waals surface area contributed by atoms with Gasteiger partial charge < -0.3 is 14.3 Å². The van der Waals surface area contributed by atoms with E-state index < -0.39 is 0 Å². The van der Waals surface area contributed by atoms with Crippen LogP contribution in [0.1, 0.15) is 36.0 Å². The fraction of sp³-hybridized carbons (Fsp3) is 0.538. The Bertz CT molecular complexity index is 517. The monoisotopic (exact) mass is 246 g/mol. The number of rotatable bonds is 4. The quantitative estimate of drug-likeness (QED) is 0.890. The highest BCUT2D eigenvalue weighted by Gasteiger charge is 2.21. The Kier molecular flexibility index (Phi) is 3.15. The number of aromatic nitrogens is 3. The molecule has 0 radical (unpaired) electrons. The summed E-state index contributed by atoms with van der Waals surface area (Å²) in [6.07, 6.45) is 7.90. The Labute approximate surface area is 106 Å². The molecule has 0 amide bonds. The van der Waals surface area contributed by atoms with Crippen molar-refractivity contribution in [2.45, 2.75) is 31.7 Å². The zero-order chi connectivity index (χ0) is 12.4. The standard InChI is InChI=1S/C13H18N4O/c1-17-9-15-16-13(17)5-7-14-11-3-2-4-12-10(11)6-8-18-12/h6,8-9,11,14H,2-5,7H2,1H3. The minimum atomic E-state index is 0.431. The summed E-state index contributed by atoms with van der Waals surface area (Å²) < 4.78 is 7.46. The molecule has 1 aliphatic carbocycles. The number of hydrogen-bond acceptors (Lipinski definition) is 4. The van der Waals surface area contributed by atoms with Crippen molar-refractivity contribution in [3.05, 3.63) is 35.8 Å². The summed E-state index contributed by atoms with van der Waals surface area (Å²) >= 11 is 0. The summed E-state index contributed by atoms with van der Waals surface area (Å²) in [6, 6.07) is 2.52. The number of furan rings is 1. The highest BCUT2D eigenvalue weighted by molar-refractivity contribution is 5.24.